The minimum Gasteiger partial charge on any atom is -0.462 e. The van der Waals surface area contributed by atoms with Crippen LogP contribution in [0.5, 0.6) is 5.75 Å². The molecule has 2 heterocycles. The molecule has 1 aromatic heterocycles. The molecular formula is C22H29ClN3O9P. The smallest absolute Gasteiger partial charge is 0.459 e. The Kier molecular flexibility index (Phi) is 8.81. The van der Waals surface area contributed by atoms with Crippen molar-refractivity contribution in [2.75, 3.05) is 6.61 Å². The largest absolute Gasteiger partial charge is 0.462 e. The summed E-state index contributed by atoms with van der Waals surface area (Å²) in [5.74, 6) is -0.473. The van der Waals surface area contributed by atoms with E-state index in [1.54, 1.807) is 44.2 Å². The van der Waals surface area contributed by atoms with Crippen LogP contribution < -0.4 is 20.9 Å². The third kappa shape index (κ3) is 6.64. The Morgan fingerprint density at radius 2 is 1.94 bits per heavy atom. The van der Waals surface area contributed by atoms with Crippen molar-refractivity contribution in [1.29, 1.82) is 0 Å². The lowest BCUT2D eigenvalue weighted by molar-refractivity contribution is -0.149. The molecular weight excluding hydrogens is 517 g/mol. The molecule has 0 aliphatic carbocycles. The summed E-state index contributed by atoms with van der Waals surface area (Å²) in [6.45, 7) is 5.75. The van der Waals surface area contributed by atoms with Gasteiger partial charge >= 0.3 is 19.4 Å². The van der Waals surface area contributed by atoms with E-state index < -0.39 is 67.0 Å². The Morgan fingerprint density at radius 3 is 2.56 bits per heavy atom. The second kappa shape index (κ2) is 11.3. The van der Waals surface area contributed by atoms with Crippen LogP contribution in [-0.2, 0) is 23.4 Å². The molecule has 0 saturated carbocycles. The van der Waals surface area contributed by atoms with E-state index in [0.29, 0.717) is 0 Å². The van der Waals surface area contributed by atoms with E-state index in [2.05, 4.69) is 10.1 Å². The first-order valence-electron chi connectivity index (χ1n) is 11.1. The molecule has 1 fully saturated rings. The number of esters is 1. The number of para-hydroxylation sites is 1. The normalized spacial score (nSPS) is 26.4. The van der Waals surface area contributed by atoms with Crippen molar-refractivity contribution in [2.24, 2.45) is 0 Å². The number of carbonyl (C=O) groups is 1. The van der Waals surface area contributed by atoms with Crippen molar-refractivity contribution in [3.8, 4) is 5.75 Å². The van der Waals surface area contributed by atoms with Crippen molar-refractivity contribution in [2.45, 2.75) is 63.2 Å². The molecule has 0 spiro atoms. The number of nitrogens with one attached hydrogen (secondary N) is 2. The standard InChI is InChI=1S/C22H29ClN3O9P/c1-13(2)33-19(29)14(3)25-36(31,35-15-8-6-5-7-9-15)32-12-16-18(28)22(4,23)20(34-16)26-11-10-17(27)24-21(26)30/h5-11,13-14,16,18,20,28H,12H2,1-4H3,(H,25,31)(H,24,27,30)/t14-,16?,18-,20?,22-,36-/m1/s1. The van der Waals surface area contributed by atoms with E-state index >= 15 is 0 Å². The number of rotatable bonds is 10. The third-order valence-electron chi connectivity index (χ3n) is 5.26. The van der Waals surface area contributed by atoms with E-state index in [1.807, 2.05) is 0 Å². The van der Waals surface area contributed by atoms with Crippen LogP contribution in [0, 0.1) is 0 Å². The summed E-state index contributed by atoms with van der Waals surface area (Å²) in [7, 11) is -4.22. The number of alkyl halides is 1. The van der Waals surface area contributed by atoms with Gasteiger partial charge in [-0.05, 0) is 39.8 Å². The number of hydrogen-bond acceptors (Lipinski definition) is 9. The number of benzene rings is 1. The summed E-state index contributed by atoms with van der Waals surface area (Å²) in [5, 5.41) is 13.3. The molecule has 198 valence electrons. The zero-order chi connectivity index (χ0) is 26.7. The van der Waals surface area contributed by atoms with E-state index in [1.165, 1.54) is 20.0 Å². The van der Waals surface area contributed by atoms with Crippen LogP contribution in [0.3, 0.4) is 0 Å². The van der Waals surface area contributed by atoms with Gasteiger partial charge in [0, 0.05) is 12.3 Å². The number of ether oxygens (including phenoxy) is 2. The van der Waals surface area contributed by atoms with E-state index in [4.69, 9.17) is 30.1 Å². The highest BCUT2D eigenvalue weighted by Crippen LogP contribution is 2.48. The molecule has 1 saturated heterocycles. The van der Waals surface area contributed by atoms with E-state index in [0.717, 1.165) is 10.6 Å². The third-order valence-corrected chi connectivity index (χ3v) is 7.31. The van der Waals surface area contributed by atoms with Gasteiger partial charge < -0.3 is 19.1 Å². The zero-order valence-corrected chi connectivity index (χ0v) is 21.8. The van der Waals surface area contributed by atoms with Gasteiger partial charge in [-0.15, -0.1) is 11.6 Å². The molecule has 2 aromatic rings. The predicted molar refractivity (Wildman–Crippen MR) is 130 cm³/mol. The number of aromatic amines is 1. The van der Waals surface area contributed by atoms with Crippen LogP contribution in [0.15, 0.2) is 52.2 Å². The molecule has 0 amide bonds. The molecule has 1 aliphatic rings. The fourth-order valence-electron chi connectivity index (χ4n) is 3.47. The molecule has 3 rings (SSSR count). The average molecular weight is 546 g/mol. The second-order valence-corrected chi connectivity index (χ2v) is 11.2. The molecule has 1 aliphatic heterocycles. The molecule has 0 radical (unpaired) electrons. The van der Waals surface area contributed by atoms with Crippen molar-refractivity contribution in [1.82, 2.24) is 14.6 Å². The maximum atomic E-state index is 13.6. The van der Waals surface area contributed by atoms with Crippen molar-refractivity contribution >= 4 is 25.3 Å². The van der Waals surface area contributed by atoms with Crippen LogP contribution in [0.2, 0.25) is 0 Å². The molecule has 0 bridgehead atoms. The van der Waals surface area contributed by atoms with E-state index in [9.17, 15) is 24.1 Å². The van der Waals surface area contributed by atoms with Gasteiger partial charge in [0.15, 0.2) is 6.23 Å². The molecule has 14 heteroatoms. The van der Waals surface area contributed by atoms with E-state index in [-0.39, 0.29) is 5.75 Å². The Balaban J connectivity index is 1.80. The van der Waals surface area contributed by atoms with Crippen LogP contribution in [0.25, 0.3) is 0 Å². The Bertz CT molecular complexity index is 1220. The molecule has 36 heavy (non-hydrogen) atoms. The Morgan fingerprint density at radius 1 is 1.28 bits per heavy atom. The van der Waals surface area contributed by atoms with Gasteiger partial charge in [-0.2, -0.15) is 5.09 Å². The average Bonchev–Trinajstić information content (AvgIpc) is 3.01. The number of nitrogens with zero attached hydrogens (tertiary/aromatic N) is 1. The molecule has 12 nitrogen and oxygen atoms in total. The first kappa shape index (κ1) is 28.1. The molecule has 6 atom stereocenters. The fourth-order valence-corrected chi connectivity index (χ4v) is 5.27. The van der Waals surface area contributed by atoms with Crippen LogP contribution in [-0.4, -0.2) is 56.5 Å². The van der Waals surface area contributed by atoms with Crippen LogP contribution in [0.1, 0.15) is 33.9 Å². The summed E-state index contributed by atoms with van der Waals surface area (Å²) in [4.78, 5) is 36.5. The van der Waals surface area contributed by atoms with Gasteiger partial charge in [-0.25, -0.2) is 9.36 Å². The topological polar surface area (TPSA) is 158 Å². The Labute approximate surface area is 212 Å². The second-order valence-electron chi connectivity index (χ2n) is 8.67. The number of hydrogen-bond donors (Lipinski definition) is 3. The molecule has 1 aromatic carbocycles. The zero-order valence-electron chi connectivity index (χ0n) is 20.1. The minimum atomic E-state index is -4.22. The Hall–Kier alpha value is -2.47. The maximum Gasteiger partial charge on any atom is 0.459 e. The van der Waals surface area contributed by atoms with Gasteiger partial charge in [0.25, 0.3) is 5.56 Å². The summed E-state index contributed by atoms with van der Waals surface area (Å²) < 4.78 is 36.7. The maximum absolute atomic E-state index is 13.6. The fraction of sp³-hybridized carbons (Fsp3) is 0.500. The number of carbonyl (C=O) groups excluding carboxylic acids is 1. The molecule has 2 unspecified atom stereocenters. The summed E-state index contributed by atoms with van der Waals surface area (Å²) in [5.41, 5.74) is -1.40. The summed E-state index contributed by atoms with van der Waals surface area (Å²) in [6, 6.07) is 8.18. The van der Waals surface area contributed by atoms with Gasteiger partial charge in [0.1, 0.15) is 28.9 Å². The SMILES string of the molecule is CC(C)OC(=O)[C@@H](C)N[P@@](=O)(OCC1OC(n2ccc(=O)[nH]c2=O)[C@](C)(Cl)[C@@H]1O)Oc1ccccc1. The number of aromatic nitrogens is 2. The minimum absolute atomic E-state index is 0.200. The van der Waals surface area contributed by atoms with Crippen LogP contribution >= 0.6 is 19.3 Å². The monoisotopic (exact) mass is 545 g/mol. The number of H-pyrrole nitrogens is 1. The van der Waals surface area contributed by atoms with Gasteiger partial charge in [0.2, 0.25) is 0 Å². The quantitative estimate of drug-likeness (QED) is 0.229. The van der Waals surface area contributed by atoms with Gasteiger partial charge in [-0.3, -0.25) is 23.7 Å². The summed E-state index contributed by atoms with van der Waals surface area (Å²) in [6.07, 6.45) is -2.92. The van der Waals surface area contributed by atoms with Crippen LogP contribution in [0.4, 0.5) is 0 Å². The predicted octanol–water partition coefficient (Wildman–Crippen LogP) is 1.93. The first-order chi connectivity index (χ1) is 16.8. The molecule has 3 N–H and O–H groups in total. The number of aliphatic hydroxyl groups is 1. The van der Waals surface area contributed by atoms with Crippen molar-refractivity contribution < 1.29 is 33.0 Å². The number of halogens is 1. The lowest BCUT2D eigenvalue weighted by Gasteiger charge is -2.26. The summed E-state index contributed by atoms with van der Waals surface area (Å²) >= 11 is 6.52. The lowest BCUT2D eigenvalue weighted by atomic mass is 10.0. The highest BCUT2D eigenvalue weighted by Gasteiger charge is 2.54. The highest BCUT2D eigenvalue weighted by atomic mass is 35.5. The highest BCUT2D eigenvalue weighted by molar-refractivity contribution is 7.52. The van der Waals surface area contributed by atoms with Crippen molar-refractivity contribution in [3.63, 3.8) is 0 Å². The van der Waals surface area contributed by atoms with Gasteiger partial charge in [-0.1, -0.05) is 18.2 Å². The lowest BCUT2D eigenvalue weighted by Crippen LogP contribution is -2.43. The van der Waals surface area contributed by atoms with Gasteiger partial charge in [0.05, 0.1) is 12.7 Å². The van der Waals surface area contributed by atoms with Crippen molar-refractivity contribution in [3.05, 3.63) is 63.4 Å². The first-order valence-corrected chi connectivity index (χ1v) is 13.1. The number of aliphatic hydroxyl groups excluding tert-OH is 1.